The molecule has 30 heavy (non-hydrogen) atoms. The van der Waals surface area contributed by atoms with Gasteiger partial charge in [-0.05, 0) is 50.8 Å². The summed E-state index contributed by atoms with van der Waals surface area (Å²) in [6.45, 7) is 3.90. The van der Waals surface area contributed by atoms with E-state index in [1.165, 1.54) is 0 Å². The lowest BCUT2D eigenvalue weighted by molar-refractivity contribution is 0.258. The molecule has 1 atom stereocenters. The van der Waals surface area contributed by atoms with Crippen molar-refractivity contribution >= 4 is 29.9 Å². The third-order valence-electron chi connectivity index (χ3n) is 4.45. The molecule has 0 fully saturated rings. The van der Waals surface area contributed by atoms with Crippen LogP contribution in [0.25, 0.3) is 0 Å². The van der Waals surface area contributed by atoms with E-state index in [1.807, 2.05) is 45.3 Å². The number of rotatable bonds is 10. The van der Waals surface area contributed by atoms with Crippen LogP contribution in [0.15, 0.2) is 39.9 Å². The maximum absolute atomic E-state index is 5.57. The minimum atomic E-state index is 0. The Morgan fingerprint density at radius 3 is 2.23 bits per heavy atom. The molecule has 1 aromatic heterocycles. The van der Waals surface area contributed by atoms with Gasteiger partial charge in [-0.3, -0.25) is 4.90 Å². The minimum Gasteiger partial charge on any atom is -0.493 e. The summed E-state index contributed by atoms with van der Waals surface area (Å²) >= 11 is 0. The van der Waals surface area contributed by atoms with Crippen LogP contribution in [-0.4, -0.2) is 59.4 Å². The number of aliphatic imine (C=N–C) groups is 1. The van der Waals surface area contributed by atoms with Gasteiger partial charge in [0.2, 0.25) is 5.75 Å². The molecule has 2 rings (SSSR count). The number of benzene rings is 1. The van der Waals surface area contributed by atoms with E-state index >= 15 is 0 Å². The van der Waals surface area contributed by atoms with Crippen molar-refractivity contribution in [2.75, 3.05) is 48.5 Å². The molecule has 0 spiro atoms. The molecule has 0 amide bonds. The lowest BCUT2D eigenvalue weighted by Gasteiger charge is -2.23. The first-order chi connectivity index (χ1) is 14.0. The molecule has 0 aliphatic heterocycles. The van der Waals surface area contributed by atoms with Crippen molar-refractivity contribution in [3.05, 3.63) is 41.9 Å². The molecule has 0 bridgehead atoms. The Kier molecular flexibility index (Phi) is 11.4. The van der Waals surface area contributed by atoms with Crippen molar-refractivity contribution in [2.45, 2.75) is 19.5 Å². The summed E-state index contributed by atoms with van der Waals surface area (Å²) in [5, 5.41) is 6.67. The van der Waals surface area contributed by atoms with Crippen molar-refractivity contribution in [2.24, 2.45) is 4.99 Å². The van der Waals surface area contributed by atoms with E-state index in [2.05, 4.69) is 15.5 Å². The normalized spacial score (nSPS) is 12.2. The maximum Gasteiger partial charge on any atom is 0.203 e. The van der Waals surface area contributed by atoms with Crippen molar-refractivity contribution in [3.8, 4) is 17.2 Å². The number of nitrogens with zero attached hydrogens (tertiary/aromatic N) is 2. The summed E-state index contributed by atoms with van der Waals surface area (Å²) in [6, 6.07) is 7.77. The molecule has 8 nitrogen and oxygen atoms in total. The van der Waals surface area contributed by atoms with Crippen LogP contribution < -0.4 is 24.8 Å². The summed E-state index contributed by atoms with van der Waals surface area (Å²) in [5.41, 5.74) is 0.951. The lowest BCUT2D eigenvalue weighted by Crippen LogP contribution is -2.41. The summed E-state index contributed by atoms with van der Waals surface area (Å²) in [5.74, 6) is 3.42. The van der Waals surface area contributed by atoms with Gasteiger partial charge >= 0.3 is 0 Å². The number of furan rings is 1. The van der Waals surface area contributed by atoms with Gasteiger partial charge in [0.15, 0.2) is 17.5 Å². The van der Waals surface area contributed by atoms with E-state index in [-0.39, 0.29) is 30.0 Å². The summed E-state index contributed by atoms with van der Waals surface area (Å²) in [6.07, 6.45) is 1.69. The molecule has 1 unspecified atom stereocenters. The predicted octanol–water partition coefficient (Wildman–Crippen LogP) is 3.28. The van der Waals surface area contributed by atoms with Crippen LogP contribution >= 0.6 is 24.0 Å². The van der Waals surface area contributed by atoms with Crippen molar-refractivity contribution in [1.29, 1.82) is 0 Å². The number of hydrogen-bond acceptors (Lipinski definition) is 6. The third-order valence-corrected chi connectivity index (χ3v) is 4.45. The van der Waals surface area contributed by atoms with Gasteiger partial charge in [0.05, 0.1) is 40.2 Å². The van der Waals surface area contributed by atoms with Crippen LogP contribution in [0.3, 0.4) is 0 Å². The number of guanidine groups is 1. The molecule has 1 aromatic carbocycles. The van der Waals surface area contributed by atoms with Crippen LogP contribution in [0.2, 0.25) is 0 Å². The zero-order valence-electron chi connectivity index (χ0n) is 18.5. The quantitative estimate of drug-likeness (QED) is 0.276. The second-order valence-electron chi connectivity index (χ2n) is 6.60. The average Bonchev–Trinajstić information content (AvgIpc) is 3.25. The molecule has 2 N–H and O–H groups in total. The molecule has 0 saturated carbocycles. The highest BCUT2D eigenvalue weighted by atomic mass is 127. The zero-order chi connectivity index (χ0) is 21.2. The molecule has 0 aliphatic carbocycles. The fourth-order valence-corrected chi connectivity index (χ4v) is 2.95. The Bertz CT molecular complexity index is 756. The van der Waals surface area contributed by atoms with Crippen LogP contribution in [0.1, 0.15) is 24.3 Å². The first-order valence-electron chi connectivity index (χ1n) is 9.54. The molecule has 0 aliphatic rings. The van der Waals surface area contributed by atoms with Crippen LogP contribution in [0.5, 0.6) is 17.2 Å². The monoisotopic (exact) mass is 532 g/mol. The molecule has 0 radical (unpaired) electrons. The maximum atomic E-state index is 5.57. The SMILES string of the molecule is CCNC(=NCc1cc(OC)c(OC)c(OC)c1)NCC(c1ccco1)N(C)C.I. The highest BCUT2D eigenvalue weighted by Gasteiger charge is 2.17. The van der Waals surface area contributed by atoms with Gasteiger partial charge in [0, 0.05) is 13.1 Å². The average molecular weight is 532 g/mol. The standard InChI is InChI=1S/C21H32N4O4.HI/c1-7-22-21(24-14-16(25(2)3)17-9-8-10-29-17)23-13-15-11-18(26-4)20(28-6)19(12-15)27-5;/h8-12,16H,7,13-14H2,1-6H3,(H2,22,23,24);1H. The zero-order valence-corrected chi connectivity index (χ0v) is 20.9. The molecular formula is C21H33IN4O4. The number of nitrogens with one attached hydrogen (secondary N) is 2. The van der Waals surface area contributed by atoms with Crippen molar-refractivity contribution < 1.29 is 18.6 Å². The van der Waals surface area contributed by atoms with Crippen LogP contribution in [0, 0.1) is 0 Å². The molecule has 9 heteroatoms. The van der Waals surface area contributed by atoms with Crippen LogP contribution in [-0.2, 0) is 6.54 Å². The van der Waals surface area contributed by atoms with Gasteiger partial charge in [-0.1, -0.05) is 0 Å². The topological polar surface area (TPSA) is 80.5 Å². The first kappa shape index (κ1) is 25.9. The Morgan fingerprint density at radius 2 is 1.77 bits per heavy atom. The Morgan fingerprint density at radius 1 is 1.10 bits per heavy atom. The number of halogens is 1. The minimum absolute atomic E-state index is 0. The number of hydrogen-bond donors (Lipinski definition) is 2. The molecule has 1 heterocycles. The first-order valence-corrected chi connectivity index (χ1v) is 9.54. The summed E-state index contributed by atoms with van der Waals surface area (Å²) < 4.78 is 21.8. The Labute approximate surface area is 196 Å². The van der Waals surface area contributed by atoms with E-state index < -0.39 is 0 Å². The van der Waals surface area contributed by atoms with Gasteiger partial charge in [-0.25, -0.2) is 4.99 Å². The Balaban J connectivity index is 0.00000450. The van der Waals surface area contributed by atoms with E-state index in [0.29, 0.717) is 30.3 Å². The fraction of sp³-hybridized carbons (Fsp3) is 0.476. The molecule has 2 aromatic rings. The van der Waals surface area contributed by atoms with Gasteiger partial charge < -0.3 is 29.3 Å². The highest BCUT2D eigenvalue weighted by Crippen LogP contribution is 2.38. The largest absolute Gasteiger partial charge is 0.493 e. The lowest BCUT2D eigenvalue weighted by atomic mass is 10.2. The van der Waals surface area contributed by atoms with Gasteiger partial charge in [-0.15, -0.1) is 24.0 Å². The number of methoxy groups -OCH3 is 3. The number of likely N-dealkylation sites (N-methyl/N-ethyl adjacent to an activating group) is 1. The molecule has 168 valence electrons. The molecular weight excluding hydrogens is 499 g/mol. The second kappa shape index (κ2) is 13.2. The van der Waals surface area contributed by atoms with Crippen molar-refractivity contribution in [3.63, 3.8) is 0 Å². The van der Waals surface area contributed by atoms with E-state index in [9.17, 15) is 0 Å². The van der Waals surface area contributed by atoms with Crippen LogP contribution in [0.4, 0.5) is 0 Å². The summed E-state index contributed by atoms with van der Waals surface area (Å²) in [4.78, 5) is 6.80. The highest BCUT2D eigenvalue weighted by molar-refractivity contribution is 14.0. The van der Waals surface area contributed by atoms with Gasteiger partial charge in [0.1, 0.15) is 5.76 Å². The van der Waals surface area contributed by atoms with E-state index in [1.54, 1.807) is 27.6 Å². The Hall–Kier alpha value is -2.14. The molecule has 0 saturated heterocycles. The fourth-order valence-electron chi connectivity index (χ4n) is 2.95. The van der Waals surface area contributed by atoms with E-state index in [4.69, 9.17) is 23.6 Å². The van der Waals surface area contributed by atoms with Gasteiger partial charge in [0.25, 0.3) is 0 Å². The van der Waals surface area contributed by atoms with Gasteiger partial charge in [-0.2, -0.15) is 0 Å². The third kappa shape index (κ3) is 6.98. The number of ether oxygens (including phenoxy) is 3. The predicted molar refractivity (Wildman–Crippen MR) is 129 cm³/mol. The van der Waals surface area contributed by atoms with Crippen molar-refractivity contribution in [1.82, 2.24) is 15.5 Å². The summed E-state index contributed by atoms with van der Waals surface area (Å²) in [7, 11) is 8.84. The smallest absolute Gasteiger partial charge is 0.203 e. The van der Waals surface area contributed by atoms with E-state index in [0.717, 1.165) is 23.8 Å². The second-order valence-corrected chi connectivity index (χ2v) is 6.60.